The van der Waals surface area contributed by atoms with E-state index in [-0.39, 0.29) is 0 Å². The van der Waals surface area contributed by atoms with Crippen LogP contribution in [0.2, 0.25) is 0 Å². The van der Waals surface area contributed by atoms with Crippen molar-refractivity contribution in [1.29, 1.82) is 0 Å². The lowest BCUT2D eigenvalue weighted by Crippen LogP contribution is -2.45. The molecule has 1 fully saturated rings. The molecule has 3 aromatic rings. The summed E-state index contributed by atoms with van der Waals surface area (Å²) < 4.78 is 1.75. The Hall–Kier alpha value is -2.06. The lowest BCUT2D eigenvalue weighted by atomic mass is 10.2. The highest BCUT2D eigenvalue weighted by Gasteiger charge is 2.20. The van der Waals surface area contributed by atoms with Crippen molar-refractivity contribution in [1.82, 2.24) is 29.9 Å². The Labute approximate surface area is 125 Å². The van der Waals surface area contributed by atoms with Gasteiger partial charge in [0.05, 0.1) is 5.56 Å². The first-order chi connectivity index (χ1) is 10.3. The second-order valence-corrected chi connectivity index (χ2v) is 6.10. The number of nitrogens with zero attached hydrogens (tertiary/aromatic N) is 7. The minimum atomic E-state index is 0.765. The van der Waals surface area contributed by atoms with Gasteiger partial charge >= 0.3 is 0 Å². The van der Waals surface area contributed by atoms with E-state index < -0.39 is 0 Å². The van der Waals surface area contributed by atoms with Gasteiger partial charge in [0.25, 0.3) is 0 Å². The van der Waals surface area contributed by atoms with Gasteiger partial charge in [0.2, 0.25) is 5.95 Å². The molecule has 4 rings (SSSR count). The Morgan fingerprint density at radius 3 is 2.81 bits per heavy atom. The predicted molar refractivity (Wildman–Crippen MR) is 81.6 cm³/mol. The maximum atomic E-state index is 4.62. The number of hydrogen-bond acceptors (Lipinski definition) is 7. The molecule has 0 unspecified atom stereocenters. The highest BCUT2D eigenvalue weighted by molar-refractivity contribution is 7.13. The minimum Gasteiger partial charge on any atom is -0.338 e. The van der Waals surface area contributed by atoms with E-state index in [0.29, 0.717) is 0 Å². The van der Waals surface area contributed by atoms with Crippen LogP contribution < -0.4 is 4.90 Å². The number of hydrogen-bond donors (Lipinski definition) is 0. The fraction of sp³-hybridized carbons (Fsp3) is 0.385. The van der Waals surface area contributed by atoms with Crippen LogP contribution in [0.15, 0.2) is 23.7 Å². The molecule has 1 saturated heterocycles. The molecule has 1 aliphatic heterocycles. The number of aromatic nitrogens is 5. The fourth-order valence-electron chi connectivity index (χ4n) is 2.55. The Kier molecular flexibility index (Phi) is 3.04. The summed E-state index contributed by atoms with van der Waals surface area (Å²) in [4.78, 5) is 10.3. The van der Waals surface area contributed by atoms with Gasteiger partial charge in [-0.2, -0.15) is 4.52 Å². The molecule has 7 nitrogen and oxygen atoms in total. The third-order valence-electron chi connectivity index (χ3n) is 3.78. The van der Waals surface area contributed by atoms with Gasteiger partial charge in [0.1, 0.15) is 0 Å². The molecule has 21 heavy (non-hydrogen) atoms. The standard InChI is InChI=1S/C13H15N7S/c1-18-4-6-19(7-5-18)13-14-9-10(11-3-2-8-21-11)12-15-16-17-20(12)13/h2-3,8-9H,4-7H2,1H3. The van der Waals surface area contributed by atoms with Crippen LogP contribution in [0.1, 0.15) is 0 Å². The SMILES string of the molecule is CN1CCN(c2ncc(-c3cccs3)c3nnnn23)CC1. The van der Waals surface area contributed by atoms with Gasteiger partial charge in [-0.3, -0.25) is 0 Å². The quantitative estimate of drug-likeness (QED) is 0.704. The van der Waals surface area contributed by atoms with Crippen molar-refractivity contribution in [2.24, 2.45) is 0 Å². The largest absolute Gasteiger partial charge is 0.338 e. The number of anilines is 1. The number of rotatable bonds is 2. The third-order valence-corrected chi connectivity index (χ3v) is 4.68. The minimum absolute atomic E-state index is 0.765. The van der Waals surface area contributed by atoms with E-state index in [1.165, 1.54) is 0 Å². The monoisotopic (exact) mass is 301 g/mol. The summed E-state index contributed by atoms with van der Waals surface area (Å²) >= 11 is 1.67. The molecular weight excluding hydrogens is 286 g/mol. The molecule has 0 radical (unpaired) electrons. The summed E-state index contributed by atoms with van der Waals surface area (Å²) in [5, 5.41) is 14.2. The summed E-state index contributed by atoms with van der Waals surface area (Å²) in [7, 11) is 2.14. The lowest BCUT2D eigenvalue weighted by molar-refractivity contribution is 0.310. The van der Waals surface area contributed by atoms with E-state index in [4.69, 9.17) is 0 Å². The van der Waals surface area contributed by atoms with Gasteiger partial charge in [-0.1, -0.05) is 6.07 Å². The molecule has 8 heteroatoms. The van der Waals surface area contributed by atoms with E-state index in [9.17, 15) is 0 Å². The Morgan fingerprint density at radius 2 is 2.05 bits per heavy atom. The maximum absolute atomic E-state index is 4.62. The first-order valence-electron chi connectivity index (χ1n) is 6.87. The highest BCUT2D eigenvalue weighted by Crippen LogP contribution is 2.28. The summed E-state index contributed by atoms with van der Waals surface area (Å²) in [6.07, 6.45) is 1.88. The summed E-state index contributed by atoms with van der Waals surface area (Å²) in [5.41, 5.74) is 1.74. The molecule has 0 aliphatic carbocycles. The van der Waals surface area contributed by atoms with Crippen LogP contribution in [0.4, 0.5) is 5.95 Å². The van der Waals surface area contributed by atoms with Gasteiger partial charge in [-0.15, -0.1) is 16.4 Å². The number of piperazine rings is 1. The first kappa shape index (κ1) is 12.7. The van der Waals surface area contributed by atoms with Crippen molar-refractivity contribution in [2.75, 3.05) is 38.1 Å². The molecule has 1 aliphatic rings. The van der Waals surface area contributed by atoms with Crippen molar-refractivity contribution in [2.45, 2.75) is 0 Å². The fourth-order valence-corrected chi connectivity index (χ4v) is 3.28. The Morgan fingerprint density at radius 1 is 1.19 bits per heavy atom. The van der Waals surface area contributed by atoms with Gasteiger partial charge in [0, 0.05) is 37.3 Å². The highest BCUT2D eigenvalue weighted by atomic mass is 32.1. The average Bonchev–Trinajstić information content (AvgIpc) is 3.19. The molecule has 0 bridgehead atoms. The summed E-state index contributed by atoms with van der Waals surface area (Å²) in [5.74, 6) is 0.823. The topological polar surface area (TPSA) is 62.5 Å². The zero-order valence-electron chi connectivity index (χ0n) is 11.7. The molecule has 0 spiro atoms. The van der Waals surface area contributed by atoms with Gasteiger partial charge in [0.15, 0.2) is 5.65 Å². The zero-order chi connectivity index (χ0) is 14.2. The van der Waals surface area contributed by atoms with Crippen LogP contribution >= 0.6 is 11.3 Å². The second-order valence-electron chi connectivity index (χ2n) is 5.15. The van der Waals surface area contributed by atoms with E-state index in [1.54, 1.807) is 15.9 Å². The second kappa shape index (κ2) is 5.05. The molecule has 0 atom stereocenters. The normalized spacial score (nSPS) is 16.7. The smallest absolute Gasteiger partial charge is 0.230 e. The maximum Gasteiger partial charge on any atom is 0.230 e. The average molecular weight is 301 g/mol. The molecular formula is C13H15N7S. The van der Waals surface area contributed by atoms with Crippen LogP contribution in [0.5, 0.6) is 0 Å². The molecule has 4 heterocycles. The van der Waals surface area contributed by atoms with Crippen LogP contribution in [-0.4, -0.2) is 63.2 Å². The first-order valence-corrected chi connectivity index (χ1v) is 7.75. The number of likely N-dealkylation sites (N-methyl/N-ethyl adjacent to an activating group) is 1. The molecule has 0 aromatic carbocycles. The Balaban J connectivity index is 1.78. The van der Waals surface area contributed by atoms with E-state index in [2.05, 4.69) is 43.4 Å². The molecule has 108 valence electrons. The van der Waals surface area contributed by atoms with E-state index in [0.717, 1.165) is 48.2 Å². The van der Waals surface area contributed by atoms with Crippen molar-refractivity contribution in [3.63, 3.8) is 0 Å². The van der Waals surface area contributed by atoms with Crippen molar-refractivity contribution >= 4 is 22.9 Å². The van der Waals surface area contributed by atoms with Gasteiger partial charge in [-0.05, 0) is 28.9 Å². The van der Waals surface area contributed by atoms with Gasteiger partial charge < -0.3 is 9.80 Å². The van der Waals surface area contributed by atoms with Crippen LogP contribution in [0, 0.1) is 0 Å². The molecule has 0 saturated carbocycles. The van der Waals surface area contributed by atoms with Crippen molar-refractivity contribution < 1.29 is 0 Å². The predicted octanol–water partition coefficient (Wildman–Crippen LogP) is 1.000. The van der Waals surface area contributed by atoms with Crippen molar-refractivity contribution in [3.05, 3.63) is 23.7 Å². The van der Waals surface area contributed by atoms with Crippen LogP contribution in [0.25, 0.3) is 16.1 Å². The molecule has 3 aromatic heterocycles. The summed E-state index contributed by atoms with van der Waals surface area (Å²) in [6.45, 7) is 3.93. The van der Waals surface area contributed by atoms with Crippen molar-refractivity contribution in [3.8, 4) is 10.4 Å². The lowest BCUT2D eigenvalue weighted by Gasteiger charge is -2.32. The molecule has 0 amide bonds. The summed E-state index contributed by atoms with van der Waals surface area (Å²) in [6, 6.07) is 4.08. The van der Waals surface area contributed by atoms with Crippen LogP contribution in [0.3, 0.4) is 0 Å². The van der Waals surface area contributed by atoms with Crippen LogP contribution in [-0.2, 0) is 0 Å². The number of fused-ring (bicyclic) bond motifs is 1. The number of thiophene rings is 1. The van der Waals surface area contributed by atoms with E-state index in [1.807, 2.05) is 17.6 Å². The number of tetrazole rings is 1. The third kappa shape index (κ3) is 2.16. The Bertz CT molecular complexity index is 743. The molecule has 0 N–H and O–H groups in total. The van der Waals surface area contributed by atoms with E-state index >= 15 is 0 Å². The zero-order valence-corrected chi connectivity index (χ0v) is 12.5. The van der Waals surface area contributed by atoms with Gasteiger partial charge in [-0.25, -0.2) is 4.98 Å².